The summed E-state index contributed by atoms with van der Waals surface area (Å²) in [5.41, 5.74) is 1.11. The Hall–Kier alpha value is -0.670. The van der Waals surface area contributed by atoms with Gasteiger partial charge in [-0.25, -0.2) is 0 Å². The van der Waals surface area contributed by atoms with E-state index in [1.54, 1.807) is 30.3 Å². The molecule has 1 unspecified atom stereocenters. The van der Waals surface area contributed by atoms with E-state index in [0.717, 1.165) is 3.79 Å². The second kappa shape index (κ2) is 6.19. The maximum atomic E-state index is 12.4. The number of halogens is 3. The molecule has 0 N–H and O–H groups in total. The smallest absolute Gasteiger partial charge is 0.186 e. The molecule has 2 nitrogen and oxygen atoms in total. The number of hydrogen-bond donors (Lipinski definition) is 0. The summed E-state index contributed by atoms with van der Waals surface area (Å²) in [4.78, 5) is 12.4. The lowest BCUT2D eigenvalue weighted by atomic mass is 9.93. The summed E-state index contributed by atoms with van der Waals surface area (Å²) in [6.07, 6.45) is 0. The Bertz CT molecular complexity index is 678. The first kappa shape index (κ1) is 14.7. The molecular weight excluding hydrogens is 413 g/mol. The number of thiophene rings is 1. The number of nitriles is 1. The van der Waals surface area contributed by atoms with Crippen LogP contribution in [-0.4, -0.2) is 5.78 Å². The van der Waals surface area contributed by atoms with Gasteiger partial charge in [0.1, 0.15) is 5.92 Å². The third-order valence-electron chi connectivity index (χ3n) is 2.50. The molecule has 0 bridgehead atoms. The molecule has 0 aliphatic rings. The van der Waals surface area contributed by atoms with E-state index in [2.05, 4.69) is 31.9 Å². The van der Waals surface area contributed by atoms with Crippen molar-refractivity contribution in [3.05, 3.63) is 54.1 Å². The summed E-state index contributed by atoms with van der Waals surface area (Å²) < 4.78 is 1.55. The molecule has 1 aromatic heterocycles. The van der Waals surface area contributed by atoms with E-state index in [1.807, 2.05) is 6.07 Å². The third kappa shape index (κ3) is 3.26. The van der Waals surface area contributed by atoms with Crippen LogP contribution >= 0.6 is 54.8 Å². The van der Waals surface area contributed by atoms with E-state index >= 15 is 0 Å². The number of benzene rings is 1. The van der Waals surface area contributed by atoms with Crippen molar-refractivity contribution in [3.63, 3.8) is 0 Å². The van der Waals surface area contributed by atoms with Gasteiger partial charge in [0.05, 0.1) is 13.6 Å². The summed E-state index contributed by atoms with van der Waals surface area (Å²) in [5, 5.41) is 9.77. The molecule has 96 valence electrons. The van der Waals surface area contributed by atoms with Crippen molar-refractivity contribution < 1.29 is 4.79 Å². The van der Waals surface area contributed by atoms with Gasteiger partial charge in [-0.2, -0.15) is 5.26 Å². The Morgan fingerprint density at radius 1 is 1.37 bits per heavy atom. The van der Waals surface area contributed by atoms with Gasteiger partial charge in [0, 0.05) is 10.6 Å². The number of nitrogens with zero attached hydrogens (tertiary/aromatic N) is 1. The van der Waals surface area contributed by atoms with Crippen LogP contribution in [0.3, 0.4) is 0 Å². The van der Waals surface area contributed by atoms with Gasteiger partial charge in [0.15, 0.2) is 5.78 Å². The molecule has 0 aliphatic carbocycles. The quantitative estimate of drug-likeness (QED) is 0.624. The van der Waals surface area contributed by atoms with Crippen molar-refractivity contribution in [2.45, 2.75) is 5.92 Å². The Morgan fingerprint density at radius 2 is 2.11 bits per heavy atom. The first-order valence-electron chi connectivity index (χ1n) is 5.17. The highest BCUT2D eigenvalue weighted by atomic mass is 79.9. The van der Waals surface area contributed by atoms with Crippen LogP contribution < -0.4 is 0 Å². The van der Waals surface area contributed by atoms with Crippen LogP contribution in [-0.2, 0) is 0 Å². The van der Waals surface area contributed by atoms with Gasteiger partial charge in [-0.3, -0.25) is 4.79 Å². The highest BCUT2D eigenvalue weighted by Gasteiger charge is 2.25. The Balaban J connectivity index is 2.41. The monoisotopic (exact) mass is 417 g/mol. The Kier molecular flexibility index (Phi) is 4.80. The van der Waals surface area contributed by atoms with Gasteiger partial charge < -0.3 is 0 Å². The van der Waals surface area contributed by atoms with Crippen LogP contribution in [0.5, 0.6) is 0 Å². The van der Waals surface area contributed by atoms with E-state index in [9.17, 15) is 10.1 Å². The van der Waals surface area contributed by atoms with Crippen LogP contribution in [0.1, 0.15) is 21.8 Å². The number of carbonyl (C=O) groups is 1. The predicted octanol–water partition coefficient (Wildman–Crippen LogP) is 5.42. The van der Waals surface area contributed by atoms with Crippen molar-refractivity contribution in [2.75, 3.05) is 0 Å². The summed E-state index contributed by atoms with van der Waals surface area (Å²) in [6, 6.07) is 10.6. The topological polar surface area (TPSA) is 40.9 Å². The van der Waals surface area contributed by atoms with Crippen molar-refractivity contribution in [2.24, 2.45) is 0 Å². The molecule has 0 spiro atoms. The molecule has 2 rings (SSSR count). The van der Waals surface area contributed by atoms with Gasteiger partial charge in [0.2, 0.25) is 0 Å². The molecule has 0 amide bonds. The van der Waals surface area contributed by atoms with Gasteiger partial charge in [-0.05, 0) is 55.6 Å². The second-order valence-electron chi connectivity index (χ2n) is 3.72. The van der Waals surface area contributed by atoms with Crippen LogP contribution in [0, 0.1) is 11.3 Å². The summed E-state index contributed by atoms with van der Waals surface area (Å²) >= 11 is 14.0. The molecule has 6 heteroatoms. The number of hydrogen-bond acceptors (Lipinski definition) is 3. The van der Waals surface area contributed by atoms with Crippen molar-refractivity contribution >= 4 is 60.6 Å². The van der Waals surface area contributed by atoms with E-state index in [0.29, 0.717) is 19.9 Å². The van der Waals surface area contributed by atoms with Gasteiger partial charge in [0.25, 0.3) is 0 Å². The molecule has 19 heavy (non-hydrogen) atoms. The minimum Gasteiger partial charge on any atom is -0.292 e. The van der Waals surface area contributed by atoms with Crippen molar-refractivity contribution in [1.29, 1.82) is 5.26 Å². The average Bonchev–Trinajstić information content (AvgIpc) is 2.69. The number of carbonyl (C=O) groups excluding carboxylic acids is 1. The van der Waals surface area contributed by atoms with Gasteiger partial charge in [-0.1, -0.05) is 23.7 Å². The standard InChI is InChI=1S/C13H6Br2ClNOS/c14-11-5-9(13(15)19-11)12(18)10(6-17)7-2-1-3-8(16)4-7/h1-5,10H. The fraction of sp³-hybridized carbons (Fsp3) is 0.0769. The van der Waals surface area contributed by atoms with Gasteiger partial charge in [-0.15, -0.1) is 11.3 Å². The first-order valence-corrected chi connectivity index (χ1v) is 7.95. The maximum Gasteiger partial charge on any atom is 0.186 e. The lowest BCUT2D eigenvalue weighted by Gasteiger charge is -2.08. The lowest BCUT2D eigenvalue weighted by molar-refractivity contribution is 0.0978. The van der Waals surface area contributed by atoms with E-state index in [1.165, 1.54) is 11.3 Å². The number of ketones is 1. The number of Topliss-reactive ketones (excluding diaryl/α,β-unsaturated/α-hetero) is 1. The minimum absolute atomic E-state index is 0.237. The highest BCUT2D eigenvalue weighted by Crippen LogP contribution is 2.35. The zero-order valence-corrected chi connectivity index (χ0v) is 14.1. The fourth-order valence-electron chi connectivity index (χ4n) is 1.63. The molecule has 0 saturated heterocycles. The normalized spacial score (nSPS) is 11.9. The Morgan fingerprint density at radius 3 is 2.63 bits per heavy atom. The predicted molar refractivity (Wildman–Crippen MR) is 83.9 cm³/mol. The summed E-state index contributed by atoms with van der Waals surface area (Å²) in [7, 11) is 0. The second-order valence-corrected chi connectivity index (χ2v) is 7.91. The van der Waals surface area contributed by atoms with Crippen LogP contribution in [0.2, 0.25) is 5.02 Å². The molecule has 1 heterocycles. The zero-order valence-electron chi connectivity index (χ0n) is 9.36. The molecule has 0 saturated carbocycles. The molecule has 2 aromatic rings. The molecule has 0 fully saturated rings. The molecular formula is C13H6Br2ClNOS. The van der Waals surface area contributed by atoms with Crippen molar-refractivity contribution in [1.82, 2.24) is 0 Å². The van der Waals surface area contributed by atoms with Crippen LogP contribution in [0.4, 0.5) is 0 Å². The summed E-state index contributed by atoms with van der Waals surface area (Å²) in [5.74, 6) is -1.09. The van der Waals surface area contributed by atoms with E-state index in [4.69, 9.17) is 11.6 Å². The van der Waals surface area contributed by atoms with Gasteiger partial charge >= 0.3 is 0 Å². The molecule has 0 aliphatic heterocycles. The average molecular weight is 420 g/mol. The fourth-order valence-corrected chi connectivity index (χ4v) is 4.65. The minimum atomic E-state index is -0.850. The van der Waals surface area contributed by atoms with Crippen LogP contribution in [0.15, 0.2) is 37.9 Å². The maximum absolute atomic E-state index is 12.4. The Labute approximate surface area is 136 Å². The SMILES string of the molecule is N#CC(C(=O)c1cc(Br)sc1Br)c1cccc(Cl)c1. The molecule has 1 aromatic carbocycles. The zero-order chi connectivity index (χ0) is 14.0. The number of rotatable bonds is 3. The van der Waals surface area contributed by atoms with Crippen molar-refractivity contribution in [3.8, 4) is 6.07 Å². The highest BCUT2D eigenvalue weighted by molar-refractivity contribution is 9.12. The van der Waals surface area contributed by atoms with E-state index < -0.39 is 5.92 Å². The first-order chi connectivity index (χ1) is 9.02. The largest absolute Gasteiger partial charge is 0.292 e. The van der Waals surface area contributed by atoms with Crippen LogP contribution in [0.25, 0.3) is 0 Å². The third-order valence-corrected chi connectivity index (χ3v) is 5.07. The van der Waals surface area contributed by atoms with E-state index in [-0.39, 0.29) is 5.78 Å². The lowest BCUT2D eigenvalue weighted by Crippen LogP contribution is -2.10. The molecule has 0 radical (unpaired) electrons. The molecule has 1 atom stereocenters. The summed E-state index contributed by atoms with van der Waals surface area (Å²) in [6.45, 7) is 0.